The second kappa shape index (κ2) is 8.33. The Morgan fingerprint density at radius 1 is 1.20 bits per heavy atom. The van der Waals surface area contributed by atoms with E-state index in [-0.39, 0.29) is 22.2 Å². The van der Waals surface area contributed by atoms with Crippen molar-refractivity contribution in [3.63, 3.8) is 0 Å². The van der Waals surface area contributed by atoms with Crippen molar-refractivity contribution in [2.45, 2.75) is 31.2 Å². The van der Waals surface area contributed by atoms with Gasteiger partial charge in [-0.2, -0.15) is 4.31 Å². The van der Waals surface area contributed by atoms with Gasteiger partial charge in [0.25, 0.3) is 0 Å². The number of carbonyl (C=O) groups is 1. The summed E-state index contributed by atoms with van der Waals surface area (Å²) in [6, 6.07) is 13.7. The van der Waals surface area contributed by atoms with Crippen LogP contribution in [0.3, 0.4) is 0 Å². The lowest BCUT2D eigenvalue weighted by atomic mass is 9.98. The lowest BCUT2D eigenvalue weighted by Crippen LogP contribution is -2.43. The van der Waals surface area contributed by atoms with Crippen molar-refractivity contribution in [2.24, 2.45) is 5.92 Å². The van der Waals surface area contributed by atoms with E-state index in [2.05, 4.69) is 5.32 Å². The molecule has 0 bridgehead atoms. The molecule has 1 saturated heterocycles. The lowest BCUT2D eigenvalue weighted by Gasteiger charge is -2.31. The Morgan fingerprint density at radius 2 is 1.97 bits per heavy atom. The Bertz CT molecular complexity index is 1230. The molecule has 1 amide bonds. The number of hydrogen-bond acceptors (Lipinski definition) is 5. The molecule has 2 aromatic carbocycles. The van der Waals surface area contributed by atoms with Crippen molar-refractivity contribution in [1.29, 1.82) is 0 Å². The maximum absolute atomic E-state index is 12.9. The van der Waals surface area contributed by atoms with Gasteiger partial charge in [0.05, 0.1) is 21.0 Å². The van der Waals surface area contributed by atoms with Crippen LogP contribution in [0.4, 0.5) is 5.69 Å². The predicted molar refractivity (Wildman–Crippen MR) is 118 cm³/mol. The number of thiazole rings is 1. The minimum absolute atomic E-state index is 0.0231. The summed E-state index contributed by atoms with van der Waals surface area (Å²) >= 11 is 1.15. The zero-order valence-electron chi connectivity index (χ0n) is 16.6. The fourth-order valence-corrected chi connectivity index (χ4v) is 6.34. The Labute approximate surface area is 179 Å². The number of nitrogens with one attached hydrogen (secondary N) is 1. The summed E-state index contributed by atoms with van der Waals surface area (Å²) in [7, 11) is -3.62. The van der Waals surface area contributed by atoms with Gasteiger partial charge < -0.3 is 5.32 Å². The summed E-state index contributed by atoms with van der Waals surface area (Å²) in [5.41, 5.74) is 1.46. The topological polar surface area (TPSA) is 88.5 Å². The minimum Gasteiger partial charge on any atom is -0.326 e. The van der Waals surface area contributed by atoms with Gasteiger partial charge in [0.1, 0.15) is 0 Å². The molecule has 0 saturated carbocycles. The molecule has 9 heteroatoms. The second-order valence-electron chi connectivity index (χ2n) is 7.30. The fourth-order valence-electron chi connectivity index (χ4n) is 3.80. The van der Waals surface area contributed by atoms with Crippen LogP contribution in [-0.4, -0.2) is 36.3 Å². The normalized spacial score (nSPS) is 17.8. The van der Waals surface area contributed by atoms with Crippen LogP contribution in [0, 0.1) is 5.92 Å². The number of anilines is 1. The molecule has 158 valence electrons. The first kappa shape index (κ1) is 20.8. The summed E-state index contributed by atoms with van der Waals surface area (Å²) in [6.07, 6.45) is 1.26. The zero-order valence-corrected chi connectivity index (χ0v) is 18.2. The third kappa shape index (κ3) is 3.92. The molecule has 1 aromatic heterocycles. The smallest absolute Gasteiger partial charge is 0.308 e. The molecule has 3 aromatic rings. The number of carbonyl (C=O) groups excluding carboxylic acids is 1. The molecule has 1 atom stereocenters. The quantitative estimate of drug-likeness (QED) is 0.654. The fraction of sp³-hybridized carbons (Fsp3) is 0.333. The van der Waals surface area contributed by atoms with Gasteiger partial charge in [0.2, 0.25) is 15.9 Å². The molecule has 0 spiro atoms. The Morgan fingerprint density at radius 3 is 2.70 bits per heavy atom. The number of aryl methyl sites for hydroxylation is 1. The Hall–Kier alpha value is -2.49. The molecule has 0 aliphatic carbocycles. The first-order valence-electron chi connectivity index (χ1n) is 9.89. The number of sulfonamides is 1. The van der Waals surface area contributed by atoms with Gasteiger partial charge in [0.15, 0.2) is 0 Å². The molecular weight excluding hydrogens is 422 g/mol. The van der Waals surface area contributed by atoms with Crippen LogP contribution in [0.2, 0.25) is 0 Å². The monoisotopic (exact) mass is 445 g/mol. The molecule has 1 aliphatic rings. The van der Waals surface area contributed by atoms with Gasteiger partial charge in [-0.25, -0.2) is 8.42 Å². The summed E-state index contributed by atoms with van der Waals surface area (Å²) in [5.74, 6) is -0.628. The molecule has 2 heterocycles. The van der Waals surface area contributed by atoms with Crippen LogP contribution in [0.5, 0.6) is 0 Å². The van der Waals surface area contributed by atoms with Crippen LogP contribution >= 0.6 is 11.3 Å². The van der Waals surface area contributed by atoms with Crippen molar-refractivity contribution in [3.05, 3.63) is 58.2 Å². The van der Waals surface area contributed by atoms with Crippen molar-refractivity contribution in [2.75, 3.05) is 18.4 Å². The van der Waals surface area contributed by atoms with Crippen molar-refractivity contribution in [3.8, 4) is 0 Å². The third-order valence-corrected chi connectivity index (χ3v) is 8.21. The zero-order chi connectivity index (χ0) is 21.3. The largest absolute Gasteiger partial charge is 0.326 e. The molecule has 0 unspecified atom stereocenters. The van der Waals surface area contributed by atoms with Crippen LogP contribution in [-0.2, 0) is 21.4 Å². The maximum Gasteiger partial charge on any atom is 0.308 e. The van der Waals surface area contributed by atoms with E-state index in [0.29, 0.717) is 31.6 Å². The van der Waals surface area contributed by atoms with Gasteiger partial charge in [-0.1, -0.05) is 29.5 Å². The first-order valence-corrected chi connectivity index (χ1v) is 12.1. The molecule has 4 rings (SSSR count). The van der Waals surface area contributed by atoms with E-state index >= 15 is 0 Å². The molecule has 1 fully saturated rings. The first-order chi connectivity index (χ1) is 14.4. The van der Waals surface area contributed by atoms with Crippen molar-refractivity contribution >= 4 is 43.2 Å². The highest BCUT2D eigenvalue weighted by Crippen LogP contribution is 2.26. The minimum atomic E-state index is -3.62. The van der Waals surface area contributed by atoms with E-state index in [0.717, 1.165) is 21.6 Å². The number of nitrogens with zero attached hydrogens (tertiary/aromatic N) is 2. The average molecular weight is 446 g/mol. The SMILES string of the molecule is CCn1c(=O)sc2cc(NC(=O)[C@H]3CCCN(S(=O)(=O)c4ccccc4)C3)ccc21. The molecule has 1 aliphatic heterocycles. The summed E-state index contributed by atoms with van der Waals surface area (Å²) in [4.78, 5) is 25.1. The highest BCUT2D eigenvalue weighted by molar-refractivity contribution is 7.89. The van der Waals surface area contributed by atoms with Crippen molar-refractivity contribution < 1.29 is 13.2 Å². The summed E-state index contributed by atoms with van der Waals surface area (Å²) < 4.78 is 29.7. The van der Waals surface area contributed by atoms with Gasteiger partial charge >= 0.3 is 4.87 Å². The van der Waals surface area contributed by atoms with Crippen LogP contribution in [0.15, 0.2) is 58.2 Å². The van der Waals surface area contributed by atoms with Crippen LogP contribution < -0.4 is 10.2 Å². The van der Waals surface area contributed by atoms with Gasteiger partial charge in [-0.3, -0.25) is 14.2 Å². The van der Waals surface area contributed by atoms with E-state index in [1.165, 1.54) is 4.31 Å². The van der Waals surface area contributed by atoms with Crippen LogP contribution in [0.1, 0.15) is 19.8 Å². The van der Waals surface area contributed by atoms with E-state index in [4.69, 9.17) is 0 Å². The molecule has 7 nitrogen and oxygen atoms in total. The molecule has 30 heavy (non-hydrogen) atoms. The van der Waals surface area contributed by atoms with Crippen LogP contribution in [0.25, 0.3) is 10.2 Å². The Kier molecular flexibility index (Phi) is 5.77. The van der Waals surface area contributed by atoms with Gasteiger partial charge in [0, 0.05) is 25.3 Å². The van der Waals surface area contributed by atoms with Gasteiger partial charge in [-0.05, 0) is 50.1 Å². The van der Waals surface area contributed by atoms with Crippen molar-refractivity contribution in [1.82, 2.24) is 8.87 Å². The lowest BCUT2D eigenvalue weighted by molar-refractivity contribution is -0.120. The standard InChI is InChI=1S/C21H23N3O4S2/c1-2-24-18-11-10-16(13-19(18)29-21(24)26)22-20(25)15-7-6-12-23(14-15)30(27,28)17-8-4-3-5-9-17/h3-5,8-11,13,15H,2,6-7,12,14H2,1H3,(H,22,25)/t15-/m0/s1. The van der Waals surface area contributed by atoms with E-state index in [9.17, 15) is 18.0 Å². The number of rotatable bonds is 5. The predicted octanol–water partition coefficient (Wildman–Crippen LogP) is 3.12. The van der Waals surface area contributed by atoms with E-state index < -0.39 is 15.9 Å². The second-order valence-corrected chi connectivity index (χ2v) is 10.2. The Balaban J connectivity index is 1.50. The number of amides is 1. The number of fused-ring (bicyclic) bond motifs is 1. The van der Waals surface area contributed by atoms with E-state index in [1.54, 1.807) is 47.0 Å². The third-order valence-electron chi connectivity index (χ3n) is 5.39. The number of aromatic nitrogens is 1. The maximum atomic E-state index is 12.9. The molecule has 0 radical (unpaired) electrons. The molecular formula is C21H23N3O4S2. The highest BCUT2D eigenvalue weighted by atomic mass is 32.2. The number of benzene rings is 2. The number of piperidine rings is 1. The average Bonchev–Trinajstić information content (AvgIpc) is 3.08. The highest BCUT2D eigenvalue weighted by Gasteiger charge is 2.33. The summed E-state index contributed by atoms with van der Waals surface area (Å²) in [6.45, 7) is 3.08. The molecule has 1 N–H and O–H groups in total. The number of hydrogen-bond donors (Lipinski definition) is 1. The summed E-state index contributed by atoms with van der Waals surface area (Å²) in [5, 5.41) is 2.90. The van der Waals surface area contributed by atoms with E-state index in [1.807, 2.05) is 13.0 Å². The van der Waals surface area contributed by atoms with Gasteiger partial charge in [-0.15, -0.1) is 0 Å².